The molecular formula is C8H15N3. The molecule has 1 fully saturated rings. The molecule has 0 bridgehead atoms. The van der Waals surface area contributed by atoms with Crippen molar-refractivity contribution in [3.63, 3.8) is 0 Å². The van der Waals surface area contributed by atoms with E-state index < -0.39 is 0 Å². The summed E-state index contributed by atoms with van der Waals surface area (Å²) in [5, 5.41) is 13.6. The Morgan fingerprint density at radius 1 is 1.64 bits per heavy atom. The lowest BCUT2D eigenvalue weighted by Crippen LogP contribution is -2.25. The minimum atomic E-state index is 0.414. The number of hydrazone groups is 1. The van der Waals surface area contributed by atoms with Gasteiger partial charge in [0.15, 0.2) is 0 Å². The summed E-state index contributed by atoms with van der Waals surface area (Å²) in [6, 6.07) is 0.414. The van der Waals surface area contributed by atoms with E-state index in [4.69, 9.17) is 5.41 Å². The van der Waals surface area contributed by atoms with Crippen LogP contribution >= 0.6 is 0 Å². The van der Waals surface area contributed by atoms with E-state index in [9.17, 15) is 0 Å². The standard InChI is InChI=1S/C8H15N3/c1-6(2)10-11-7(3)4-5-8(11)9/h7,9H,4-5H2,1-3H3. The van der Waals surface area contributed by atoms with Crippen molar-refractivity contribution in [2.24, 2.45) is 5.10 Å². The molecule has 0 aromatic heterocycles. The first-order chi connectivity index (χ1) is 5.11. The Kier molecular flexibility index (Phi) is 2.27. The first kappa shape index (κ1) is 8.24. The van der Waals surface area contributed by atoms with Gasteiger partial charge in [0, 0.05) is 12.1 Å². The molecule has 62 valence electrons. The molecule has 0 radical (unpaired) electrons. The van der Waals surface area contributed by atoms with Gasteiger partial charge in [-0.25, -0.2) is 5.01 Å². The maximum absolute atomic E-state index is 7.55. The molecule has 1 rings (SSSR count). The lowest BCUT2D eigenvalue weighted by atomic mass is 10.2. The average Bonchev–Trinajstić information content (AvgIpc) is 2.18. The largest absolute Gasteiger partial charge is 0.287 e. The predicted octanol–water partition coefficient (Wildman–Crippen LogP) is 1.84. The highest BCUT2D eigenvalue weighted by atomic mass is 15.5. The molecule has 0 aliphatic carbocycles. The molecule has 1 N–H and O–H groups in total. The zero-order valence-corrected chi connectivity index (χ0v) is 7.39. The van der Waals surface area contributed by atoms with E-state index in [1.807, 2.05) is 18.9 Å². The fourth-order valence-electron chi connectivity index (χ4n) is 1.22. The predicted molar refractivity (Wildman–Crippen MR) is 47.0 cm³/mol. The van der Waals surface area contributed by atoms with Gasteiger partial charge in [0.1, 0.15) is 5.84 Å². The summed E-state index contributed by atoms with van der Waals surface area (Å²) in [4.78, 5) is 0. The van der Waals surface area contributed by atoms with E-state index >= 15 is 0 Å². The van der Waals surface area contributed by atoms with Crippen LogP contribution in [0.1, 0.15) is 33.6 Å². The summed E-state index contributed by atoms with van der Waals surface area (Å²) in [6.07, 6.45) is 1.94. The third-order valence-electron chi connectivity index (χ3n) is 1.80. The lowest BCUT2D eigenvalue weighted by molar-refractivity contribution is 0.374. The van der Waals surface area contributed by atoms with Crippen molar-refractivity contribution in [3.8, 4) is 0 Å². The number of nitrogens with one attached hydrogen (secondary N) is 1. The second-order valence-electron chi connectivity index (χ2n) is 3.23. The van der Waals surface area contributed by atoms with Gasteiger partial charge in [-0.15, -0.1) is 0 Å². The second kappa shape index (κ2) is 3.03. The minimum Gasteiger partial charge on any atom is -0.287 e. The molecule has 0 spiro atoms. The topological polar surface area (TPSA) is 39.5 Å². The van der Waals surface area contributed by atoms with E-state index in [1.165, 1.54) is 0 Å². The van der Waals surface area contributed by atoms with E-state index in [0.717, 1.165) is 18.6 Å². The Morgan fingerprint density at radius 3 is 2.64 bits per heavy atom. The summed E-state index contributed by atoms with van der Waals surface area (Å²) in [6.45, 7) is 6.02. The van der Waals surface area contributed by atoms with Crippen molar-refractivity contribution in [1.82, 2.24) is 5.01 Å². The second-order valence-corrected chi connectivity index (χ2v) is 3.23. The molecule has 1 heterocycles. The molecule has 1 atom stereocenters. The van der Waals surface area contributed by atoms with E-state index in [1.54, 1.807) is 0 Å². The molecule has 3 nitrogen and oxygen atoms in total. The molecule has 3 heteroatoms. The van der Waals surface area contributed by atoms with Crippen molar-refractivity contribution in [2.75, 3.05) is 0 Å². The van der Waals surface area contributed by atoms with Gasteiger partial charge >= 0.3 is 0 Å². The van der Waals surface area contributed by atoms with Crippen LogP contribution in [-0.2, 0) is 0 Å². The molecule has 1 saturated heterocycles. The van der Waals surface area contributed by atoms with Crippen LogP contribution < -0.4 is 0 Å². The zero-order valence-electron chi connectivity index (χ0n) is 7.39. The van der Waals surface area contributed by atoms with Gasteiger partial charge in [0.2, 0.25) is 0 Å². The Labute approximate surface area is 67.6 Å². The highest BCUT2D eigenvalue weighted by Crippen LogP contribution is 2.18. The molecule has 1 aliphatic rings. The molecule has 0 aromatic carbocycles. The summed E-state index contributed by atoms with van der Waals surface area (Å²) in [7, 11) is 0. The van der Waals surface area contributed by atoms with Crippen molar-refractivity contribution >= 4 is 11.5 Å². The van der Waals surface area contributed by atoms with Crippen molar-refractivity contribution in [2.45, 2.75) is 39.7 Å². The normalized spacial score (nSPS) is 24.1. The highest BCUT2D eigenvalue weighted by molar-refractivity contribution is 5.85. The van der Waals surface area contributed by atoms with Crippen molar-refractivity contribution in [1.29, 1.82) is 5.41 Å². The van der Waals surface area contributed by atoms with Crippen LogP contribution in [0.2, 0.25) is 0 Å². The van der Waals surface area contributed by atoms with Crippen molar-refractivity contribution < 1.29 is 0 Å². The molecule has 1 unspecified atom stereocenters. The maximum atomic E-state index is 7.55. The average molecular weight is 153 g/mol. The quantitative estimate of drug-likeness (QED) is 0.574. The Bertz CT molecular complexity index is 192. The van der Waals surface area contributed by atoms with Crippen molar-refractivity contribution in [3.05, 3.63) is 0 Å². The number of rotatable bonds is 1. The first-order valence-electron chi connectivity index (χ1n) is 3.99. The summed E-state index contributed by atoms with van der Waals surface area (Å²) >= 11 is 0. The number of nitrogens with zero attached hydrogens (tertiary/aromatic N) is 2. The van der Waals surface area contributed by atoms with E-state index in [-0.39, 0.29) is 0 Å². The van der Waals surface area contributed by atoms with Crippen LogP contribution in [0.3, 0.4) is 0 Å². The van der Waals surface area contributed by atoms with Crippen LogP contribution in [-0.4, -0.2) is 22.6 Å². The number of hydrogen-bond acceptors (Lipinski definition) is 2. The summed E-state index contributed by atoms with van der Waals surface area (Å²) in [5.74, 6) is 0.652. The third kappa shape index (κ3) is 1.79. The molecule has 0 aromatic rings. The van der Waals surface area contributed by atoms with Crippen LogP contribution in [0, 0.1) is 5.41 Å². The Balaban J connectivity index is 2.69. The first-order valence-corrected chi connectivity index (χ1v) is 3.99. The van der Waals surface area contributed by atoms with E-state index in [2.05, 4.69) is 12.0 Å². The molecule has 0 saturated carbocycles. The zero-order chi connectivity index (χ0) is 8.43. The number of hydrogen-bond donors (Lipinski definition) is 1. The van der Waals surface area contributed by atoms with Gasteiger partial charge in [-0.3, -0.25) is 5.41 Å². The van der Waals surface area contributed by atoms with Crippen LogP contribution in [0.5, 0.6) is 0 Å². The van der Waals surface area contributed by atoms with Crippen LogP contribution in [0.15, 0.2) is 5.10 Å². The van der Waals surface area contributed by atoms with Gasteiger partial charge in [0.25, 0.3) is 0 Å². The molecule has 11 heavy (non-hydrogen) atoms. The summed E-state index contributed by atoms with van der Waals surface area (Å²) < 4.78 is 0. The van der Waals surface area contributed by atoms with Gasteiger partial charge in [0.05, 0.1) is 6.04 Å². The SMILES string of the molecule is CC(C)=NN1C(=N)CCC1C. The smallest absolute Gasteiger partial charge is 0.117 e. The molecule has 1 aliphatic heterocycles. The van der Waals surface area contributed by atoms with Crippen LogP contribution in [0.4, 0.5) is 0 Å². The monoisotopic (exact) mass is 153 g/mol. The lowest BCUT2D eigenvalue weighted by Gasteiger charge is -2.17. The fourth-order valence-corrected chi connectivity index (χ4v) is 1.22. The van der Waals surface area contributed by atoms with Gasteiger partial charge in [-0.1, -0.05) is 0 Å². The van der Waals surface area contributed by atoms with Crippen LogP contribution in [0.25, 0.3) is 0 Å². The number of amidine groups is 1. The van der Waals surface area contributed by atoms with Gasteiger partial charge < -0.3 is 0 Å². The molecule has 0 amide bonds. The van der Waals surface area contributed by atoms with Gasteiger partial charge in [-0.05, 0) is 27.2 Å². The Morgan fingerprint density at radius 2 is 2.27 bits per heavy atom. The third-order valence-corrected chi connectivity index (χ3v) is 1.80. The maximum Gasteiger partial charge on any atom is 0.117 e. The van der Waals surface area contributed by atoms with Gasteiger partial charge in [-0.2, -0.15) is 5.10 Å². The minimum absolute atomic E-state index is 0.414. The fraction of sp³-hybridized carbons (Fsp3) is 0.750. The highest BCUT2D eigenvalue weighted by Gasteiger charge is 2.23. The van der Waals surface area contributed by atoms with E-state index in [0.29, 0.717) is 11.9 Å². The molecular weight excluding hydrogens is 138 g/mol. The Hall–Kier alpha value is -0.860. The summed E-state index contributed by atoms with van der Waals surface area (Å²) in [5.41, 5.74) is 1.02.